The molecule has 0 radical (unpaired) electrons. The van der Waals surface area contributed by atoms with Crippen LogP contribution >= 0.6 is 0 Å². The summed E-state index contributed by atoms with van der Waals surface area (Å²) in [6.45, 7) is 10.3. The van der Waals surface area contributed by atoms with Crippen molar-refractivity contribution in [2.24, 2.45) is 5.92 Å². The van der Waals surface area contributed by atoms with Crippen LogP contribution in [0.15, 0.2) is 24.3 Å². The summed E-state index contributed by atoms with van der Waals surface area (Å²) < 4.78 is 0. The molecular formula is C17H25NO2. The Hall–Kier alpha value is -1.35. The topological polar surface area (TPSA) is 40.5 Å². The summed E-state index contributed by atoms with van der Waals surface area (Å²) >= 11 is 0. The highest BCUT2D eigenvalue weighted by Gasteiger charge is 2.31. The normalized spacial score (nSPS) is 21.9. The Morgan fingerprint density at radius 1 is 1.30 bits per heavy atom. The quantitative estimate of drug-likeness (QED) is 0.918. The zero-order valence-corrected chi connectivity index (χ0v) is 12.9. The molecule has 2 rings (SSSR count). The van der Waals surface area contributed by atoms with Gasteiger partial charge in [0.15, 0.2) is 0 Å². The van der Waals surface area contributed by atoms with Crippen LogP contribution in [0.25, 0.3) is 0 Å². The van der Waals surface area contributed by atoms with E-state index in [1.54, 1.807) is 0 Å². The van der Waals surface area contributed by atoms with Gasteiger partial charge in [0, 0.05) is 12.6 Å². The Kier molecular flexibility index (Phi) is 4.19. The summed E-state index contributed by atoms with van der Waals surface area (Å²) in [6, 6.07) is 9.03. The van der Waals surface area contributed by atoms with Crippen molar-refractivity contribution >= 4 is 5.97 Å². The van der Waals surface area contributed by atoms with Crippen LogP contribution in [0.4, 0.5) is 0 Å². The number of hydrogen-bond acceptors (Lipinski definition) is 2. The molecule has 1 aliphatic heterocycles. The molecule has 20 heavy (non-hydrogen) atoms. The van der Waals surface area contributed by atoms with Gasteiger partial charge >= 0.3 is 5.97 Å². The fraction of sp³-hybridized carbons (Fsp3) is 0.588. The van der Waals surface area contributed by atoms with Crippen molar-refractivity contribution in [2.45, 2.75) is 45.6 Å². The van der Waals surface area contributed by atoms with Crippen LogP contribution in [-0.4, -0.2) is 29.1 Å². The van der Waals surface area contributed by atoms with Gasteiger partial charge in [0.1, 0.15) is 0 Å². The highest BCUT2D eigenvalue weighted by molar-refractivity contribution is 5.70. The first-order valence-corrected chi connectivity index (χ1v) is 7.36. The zero-order chi connectivity index (χ0) is 14.9. The predicted molar refractivity (Wildman–Crippen MR) is 80.9 cm³/mol. The number of likely N-dealkylation sites (tertiary alicyclic amines) is 1. The molecular weight excluding hydrogens is 250 g/mol. The Balaban J connectivity index is 2.07. The zero-order valence-electron chi connectivity index (χ0n) is 12.9. The van der Waals surface area contributed by atoms with Crippen molar-refractivity contribution in [3.8, 4) is 0 Å². The number of carboxylic acid groups (broad SMARTS) is 1. The molecule has 0 amide bonds. The second-order valence-electron chi connectivity index (χ2n) is 6.87. The second-order valence-corrected chi connectivity index (χ2v) is 6.87. The van der Waals surface area contributed by atoms with Crippen molar-refractivity contribution < 1.29 is 9.90 Å². The van der Waals surface area contributed by atoms with Gasteiger partial charge in [0.25, 0.3) is 0 Å². The number of carbonyl (C=O) groups is 1. The van der Waals surface area contributed by atoms with Crippen LogP contribution in [0, 0.1) is 5.92 Å². The van der Waals surface area contributed by atoms with Gasteiger partial charge in [-0.2, -0.15) is 0 Å². The van der Waals surface area contributed by atoms with E-state index in [4.69, 9.17) is 5.11 Å². The van der Waals surface area contributed by atoms with Crippen LogP contribution in [0.2, 0.25) is 0 Å². The van der Waals surface area contributed by atoms with E-state index in [2.05, 4.69) is 56.9 Å². The number of rotatable bonds is 3. The maximum Gasteiger partial charge on any atom is 0.307 e. The van der Waals surface area contributed by atoms with Crippen molar-refractivity contribution in [2.75, 3.05) is 13.1 Å². The lowest BCUT2D eigenvalue weighted by molar-refractivity contribution is -0.141. The van der Waals surface area contributed by atoms with E-state index >= 15 is 0 Å². The third-order valence-electron chi connectivity index (χ3n) is 4.38. The third-order valence-corrected chi connectivity index (χ3v) is 4.38. The van der Waals surface area contributed by atoms with Gasteiger partial charge in [-0.3, -0.25) is 9.69 Å². The number of benzene rings is 1. The Bertz CT molecular complexity index is 473. The van der Waals surface area contributed by atoms with E-state index in [9.17, 15) is 4.79 Å². The second kappa shape index (κ2) is 5.57. The van der Waals surface area contributed by atoms with Crippen molar-refractivity contribution in [3.05, 3.63) is 35.4 Å². The molecule has 1 saturated heterocycles. The van der Waals surface area contributed by atoms with E-state index in [1.807, 2.05) is 0 Å². The summed E-state index contributed by atoms with van der Waals surface area (Å²) in [7, 11) is 0. The third kappa shape index (κ3) is 3.21. The average Bonchev–Trinajstić information content (AvgIpc) is 2.86. The van der Waals surface area contributed by atoms with Gasteiger partial charge in [-0.25, -0.2) is 0 Å². The molecule has 1 aromatic rings. The number of carboxylic acids is 1. The fourth-order valence-corrected chi connectivity index (χ4v) is 2.81. The first-order valence-electron chi connectivity index (χ1n) is 7.36. The van der Waals surface area contributed by atoms with Gasteiger partial charge in [0.2, 0.25) is 0 Å². The lowest BCUT2D eigenvalue weighted by Crippen LogP contribution is -2.26. The molecule has 0 aliphatic carbocycles. The molecule has 3 nitrogen and oxygen atoms in total. The molecule has 2 unspecified atom stereocenters. The monoisotopic (exact) mass is 275 g/mol. The molecule has 0 spiro atoms. The molecule has 1 aromatic carbocycles. The van der Waals surface area contributed by atoms with Crippen LogP contribution in [-0.2, 0) is 10.2 Å². The largest absolute Gasteiger partial charge is 0.481 e. The predicted octanol–water partition coefficient (Wildman–Crippen LogP) is 3.45. The van der Waals surface area contributed by atoms with Crippen LogP contribution in [0.1, 0.15) is 51.3 Å². The average molecular weight is 275 g/mol. The maximum absolute atomic E-state index is 11.0. The molecule has 110 valence electrons. The molecule has 1 fully saturated rings. The molecule has 2 atom stereocenters. The molecule has 1 aliphatic rings. The van der Waals surface area contributed by atoms with Gasteiger partial charge in [-0.15, -0.1) is 0 Å². The minimum absolute atomic E-state index is 0.170. The minimum atomic E-state index is -0.664. The van der Waals surface area contributed by atoms with E-state index in [1.165, 1.54) is 11.1 Å². The Morgan fingerprint density at radius 2 is 1.90 bits per heavy atom. The highest BCUT2D eigenvalue weighted by Crippen LogP contribution is 2.29. The maximum atomic E-state index is 11.0. The first-order chi connectivity index (χ1) is 9.29. The van der Waals surface area contributed by atoms with Crippen molar-refractivity contribution in [3.63, 3.8) is 0 Å². The number of hydrogen-bond donors (Lipinski definition) is 1. The van der Waals surface area contributed by atoms with Gasteiger partial charge in [-0.05, 0) is 36.4 Å². The molecule has 0 aromatic heterocycles. The summed E-state index contributed by atoms with van der Waals surface area (Å²) in [4.78, 5) is 13.3. The van der Waals surface area contributed by atoms with Crippen LogP contribution in [0.5, 0.6) is 0 Å². The number of aliphatic carboxylic acids is 1. The van der Waals surface area contributed by atoms with Crippen LogP contribution < -0.4 is 0 Å². The van der Waals surface area contributed by atoms with Crippen molar-refractivity contribution in [1.82, 2.24) is 4.90 Å². The first kappa shape index (κ1) is 15.0. The standard InChI is InChI=1S/C17H25NO2/c1-12(18-10-9-14(11-18)16(19)20)13-5-7-15(8-6-13)17(2,3)4/h5-8,12,14H,9-11H2,1-4H3,(H,19,20). The lowest BCUT2D eigenvalue weighted by Gasteiger charge is -2.26. The molecule has 3 heteroatoms. The Morgan fingerprint density at radius 3 is 2.35 bits per heavy atom. The summed E-state index contributed by atoms with van der Waals surface area (Å²) in [5, 5.41) is 9.08. The summed E-state index contributed by atoms with van der Waals surface area (Å²) in [6.07, 6.45) is 0.764. The molecule has 0 bridgehead atoms. The molecule has 0 saturated carbocycles. The lowest BCUT2D eigenvalue weighted by atomic mass is 9.86. The summed E-state index contributed by atoms with van der Waals surface area (Å²) in [5.41, 5.74) is 2.77. The van der Waals surface area contributed by atoms with Gasteiger partial charge in [-0.1, -0.05) is 45.0 Å². The van der Waals surface area contributed by atoms with Crippen LogP contribution in [0.3, 0.4) is 0 Å². The molecule has 1 N–H and O–H groups in total. The SMILES string of the molecule is CC(c1ccc(C(C)(C)C)cc1)N1CCC(C(=O)O)C1. The fourth-order valence-electron chi connectivity index (χ4n) is 2.81. The van der Waals surface area contributed by atoms with Crippen molar-refractivity contribution in [1.29, 1.82) is 0 Å². The minimum Gasteiger partial charge on any atom is -0.481 e. The molecule has 1 heterocycles. The van der Waals surface area contributed by atoms with E-state index in [0.717, 1.165) is 13.0 Å². The summed E-state index contributed by atoms with van der Waals surface area (Å²) in [5.74, 6) is -0.867. The Labute approximate surface area is 121 Å². The van der Waals surface area contributed by atoms with E-state index in [0.29, 0.717) is 6.54 Å². The van der Waals surface area contributed by atoms with E-state index in [-0.39, 0.29) is 17.4 Å². The van der Waals surface area contributed by atoms with E-state index < -0.39 is 5.97 Å². The number of nitrogens with zero attached hydrogens (tertiary/aromatic N) is 1. The van der Waals surface area contributed by atoms with Gasteiger partial charge < -0.3 is 5.11 Å². The van der Waals surface area contributed by atoms with Gasteiger partial charge in [0.05, 0.1) is 5.92 Å². The highest BCUT2D eigenvalue weighted by atomic mass is 16.4. The smallest absolute Gasteiger partial charge is 0.307 e.